The molecule has 0 spiro atoms. The predicted molar refractivity (Wildman–Crippen MR) is 148 cm³/mol. The molecule has 1 aliphatic carbocycles. The Morgan fingerprint density at radius 3 is 2.51 bits per heavy atom. The molecule has 4 rings (SSSR count). The summed E-state index contributed by atoms with van der Waals surface area (Å²) in [5.41, 5.74) is -1.66. The van der Waals surface area contributed by atoms with Crippen LogP contribution in [0, 0.1) is 11.3 Å². The average Bonchev–Trinajstić information content (AvgIpc) is 3.48. The van der Waals surface area contributed by atoms with Gasteiger partial charge in [-0.2, -0.15) is 0 Å². The van der Waals surface area contributed by atoms with Gasteiger partial charge in [0.25, 0.3) is 0 Å². The van der Waals surface area contributed by atoms with Gasteiger partial charge in [-0.1, -0.05) is 6.08 Å². The molecule has 218 valence electrons. The van der Waals surface area contributed by atoms with Gasteiger partial charge in [-0.25, -0.2) is 14.6 Å². The summed E-state index contributed by atoms with van der Waals surface area (Å²) >= 11 is 0. The largest absolute Gasteiger partial charge is 0.497 e. The Labute approximate surface area is 237 Å². The van der Waals surface area contributed by atoms with Crippen LogP contribution in [-0.4, -0.2) is 83.9 Å². The van der Waals surface area contributed by atoms with E-state index in [0.717, 1.165) is 0 Å². The molecular weight excluding hydrogens is 532 g/mol. The van der Waals surface area contributed by atoms with E-state index in [9.17, 15) is 19.2 Å². The first-order valence-corrected chi connectivity index (χ1v) is 13.1. The molecule has 2 heterocycles. The topological polar surface area (TPSA) is 157 Å². The minimum atomic E-state index is -1.24. The number of esters is 1. The zero-order valence-corrected chi connectivity index (χ0v) is 23.7. The van der Waals surface area contributed by atoms with Crippen molar-refractivity contribution in [3.8, 4) is 11.5 Å². The molecule has 2 aliphatic rings. The fourth-order valence-electron chi connectivity index (χ4n) is 4.92. The molecule has 0 bridgehead atoms. The van der Waals surface area contributed by atoms with Crippen molar-refractivity contribution in [1.82, 2.24) is 15.2 Å². The van der Waals surface area contributed by atoms with E-state index in [-0.39, 0.29) is 30.3 Å². The molecule has 41 heavy (non-hydrogen) atoms. The number of Topliss-reactive ketones (excluding diaryl/α,β-unsaturated/α-hetero) is 1. The average molecular weight is 567 g/mol. The fraction of sp³-hybridized carbons (Fsp3) is 0.448. The van der Waals surface area contributed by atoms with Gasteiger partial charge < -0.3 is 29.7 Å². The highest BCUT2D eigenvalue weighted by Gasteiger charge is 2.62. The van der Waals surface area contributed by atoms with Crippen molar-refractivity contribution in [2.75, 3.05) is 20.8 Å². The van der Waals surface area contributed by atoms with Gasteiger partial charge >= 0.3 is 12.1 Å². The summed E-state index contributed by atoms with van der Waals surface area (Å²) in [4.78, 5) is 57.3. The van der Waals surface area contributed by atoms with E-state index in [1.165, 1.54) is 25.2 Å². The van der Waals surface area contributed by atoms with Gasteiger partial charge in [-0.3, -0.25) is 14.5 Å². The highest BCUT2D eigenvalue weighted by Crippen LogP contribution is 2.45. The van der Waals surface area contributed by atoms with E-state index >= 15 is 0 Å². The number of carbonyl (C=O) groups is 4. The van der Waals surface area contributed by atoms with Crippen LogP contribution in [0.25, 0.3) is 10.9 Å². The number of aromatic nitrogens is 1. The lowest BCUT2D eigenvalue weighted by Crippen LogP contribution is -2.53. The molecule has 1 aromatic carbocycles. The summed E-state index contributed by atoms with van der Waals surface area (Å²) in [6.07, 6.45) is 1.26. The zero-order valence-electron chi connectivity index (χ0n) is 23.7. The van der Waals surface area contributed by atoms with Gasteiger partial charge in [0, 0.05) is 29.9 Å². The number of benzene rings is 1. The third kappa shape index (κ3) is 6.01. The molecule has 4 atom stereocenters. The van der Waals surface area contributed by atoms with Crippen LogP contribution in [0.4, 0.5) is 4.79 Å². The van der Waals surface area contributed by atoms with Crippen molar-refractivity contribution < 1.29 is 38.1 Å². The van der Waals surface area contributed by atoms with E-state index in [2.05, 4.69) is 16.9 Å². The zero-order chi connectivity index (χ0) is 30.1. The third-order valence-corrected chi connectivity index (χ3v) is 7.04. The number of hydrogen-bond acceptors (Lipinski definition) is 10. The number of ether oxygens (including phenoxy) is 4. The standard InChI is InChI=1S/C29H34N4O8/c1-7-16-13-29(16,26(36)39-6)32-25(35)22-11-18(15-33(22)27(37)41-28(2,3)4)40-24-12-21(23(34)14-30)31-20-10-17(38-5)8-9-19(20)24/h7-10,12,14,16,18,22,30H,1,11,13,15H2,2-6H3,(H,32,35)/t16-,18-,22+,29-/m1/s1. The number of carbonyl (C=O) groups excluding carboxylic acids is 4. The van der Waals surface area contributed by atoms with Gasteiger partial charge in [-0.15, -0.1) is 6.58 Å². The predicted octanol–water partition coefficient (Wildman–Crippen LogP) is 3.07. The Bertz CT molecular complexity index is 1420. The second kappa shape index (κ2) is 11.2. The van der Waals surface area contributed by atoms with Gasteiger partial charge in [0.15, 0.2) is 0 Å². The lowest BCUT2D eigenvalue weighted by molar-refractivity contribution is -0.147. The summed E-state index contributed by atoms with van der Waals surface area (Å²) in [5.74, 6) is -1.26. The molecule has 1 aromatic heterocycles. The van der Waals surface area contributed by atoms with Crippen molar-refractivity contribution in [2.45, 2.75) is 56.9 Å². The van der Waals surface area contributed by atoms with E-state index in [0.29, 0.717) is 29.3 Å². The smallest absolute Gasteiger partial charge is 0.411 e. The molecule has 0 unspecified atom stereocenters. The van der Waals surface area contributed by atoms with Crippen molar-refractivity contribution in [3.05, 3.63) is 42.6 Å². The SMILES string of the molecule is C=C[C@@H]1C[C@]1(NC(=O)[C@@H]1C[C@@H](Oc2cc(C(=O)C=N)nc3cc(OC)ccc23)CN1C(=O)OC(C)(C)C)C(=O)OC. The normalized spacial score (nSPS) is 23.3. The number of likely N-dealkylation sites (tertiary alicyclic amines) is 1. The number of fused-ring (bicyclic) bond motifs is 1. The van der Waals surface area contributed by atoms with Gasteiger partial charge in [0.05, 0.1) is 32.5 Å². The van der Waals surface area contributed by atoms with Crippen molar-refractivity contribution in [1.29, 1.82) is 5.41 Å². The van der Waals surface area contributed by atoms with Crippen molar-refractivity contribution >= 4 is 40.9 Å². The number of hydrogen-bond donors (Lipinski definition) is 2. The first kappa shape index (κ1) is 29.5. The van der Waals surface area contributed by atoms with Gasteiger partial charge in [0.1, 0.15) is 40.5 Å². The van der Waals surface area contributed by atoms with Crippen molar-refractivity contribution in [2.24, 2.45) is 5.92 Å². The number of nitrogens with one attached hydrogen (secondary N) is 2. The Balaban J connectivity index is 1.66. The second-order valence-electron chi connectivity index (χ2n) is 11.0. The number of pyridine rings is 1. The molecule has 2 fully saturated rings. The minimum absolute atomic E-state index is 0.00304. The number of methoxy groups -OCH3 is 2. The molecule has 12 heteroatoms. The fourth-order valence-corrected chi connectivity index (χ4v) is 4.92. The molecule has 1 saturated carbocycles. The van der Waals surface area contributed by atoms with Crippen LogP contribution in [0.2, 0.25) is 0 Å². The summed E-state index contributed by atoms with van der Waals surface area (Å²) in [7, 11) is 2.75. The Hall–Kier alpha value is -4.48. The first-order valence-electron chi connectivity index (χ1n) is 13.1. The molecule has 1 saturated heterocycles. The summed E-state index contributed by atoms with van der Waals surface area (Å²) in [6.45, 7) is 8.88. The highest BCUT2D eigenvalue weighted by molar-refractivity contribution is 6.34. The Morgan fingerprint density at radius 2 is 1.93 bits per heavy atom. The molecule has 12 nitrogen and oxygen atoms in total. The van der Waals surface area contributed by atoms with Crippen LogP contribution in [-0.2, 0) is 19.1 Å². The van der Waals surface area contributed by atoms with Crippen molar-refractivity contribution in [3.63, 3.8) is 0 Å². The minimum Gasteiger partial charge on any atom is -0.497 e. The van der Waals surface area contributed by atoms with Crippen LogP contribution in [0.1, 0.15) is 44.1 Å². The third-order valence-electron chi connectivity index (χ3n) is 7.04. The lowest BCUT2D eigenvalue weighted by atomic mass is 10.1. The number of ketones is 1. The Kier molecular flexibility index (Phi) is 8.05. The maximum Gasteiger partial charge on any atom is 0.411 e. The van der Waals surface area contributed by atoms with Crippen LogP contribution >= 0.6 is 0 Å². The summed E-state index contributed by atoms with van der Waals surface area (Å²) < 4.78 is 22.1. The van der Waals surface area contributed by atoms with Gasteiger partial charge in [0.2, 0.25) is 11.7 Å². The summed E-state index contributed by atoms with van der Waals surface area (Å²) in [5, 5.41) is 10.7. The molecule has 1 aliphatic heterocycles. The maximum atomic E-state index is 13.6. The summed E-state index contributed by atoms with van der Waals surface area (Å²) in [6, 6.07) is 5.49. The second-order valence-corrected chi connectivity index (χ2v) is 11.0. The Morgan fingerprint density at radius 1 is 1.20 bits per heavy atom. The van der Waals surface area contributed by atoms with Crippen LogP contribution < -0.4 is 14.8 Å². The van der Waals surface area contributed by atoms with Crippen LogP contribution in [0.5, 0.6) is 11.5 Å². The molecule has 2 amide bonds. The van der Waals surface area contributed by atoms with Gasteiger partial charge in [-0.05, 0) is 39.3 Å². The lowest BCUT2D eigenvalue weighted by Gasteiger charge is -2.28. The maximum absolute atomic E-state index is 13.6. The van der Waals surface area contributed by atoms with Crippen LogP contribution in [0.3, 0.4) is 0 Å². The van der Waals surface area contributed by atoms with E-state index in [4.69, 9.17) is 24.4 Å². The monoisotopic (exact) mass is 566 g/mol. The van der Waals surface area contributed by atoms with Crippen LogP contribution in [0.15, 0.2) is 36.9 Å². The molecular formula is C29H34N4O8. The number of nitrogens with zero attached hydrogens (tertiary/aromatic N) is 2. The molecule has 0 radical (unpaired) electrons. The molecule has 2 N–H and O–H groups in total. The molecule has 2 aromatic rings. The number of rotatable bonds is 9. The van der Waals surface area contributed by atoms with E-state index < -0.39 is 47.0 Å². The number of amides is 2. The highest BCUT2D eigenvalue weighted by atomic mass is 16.6. The van der Waals surface area contributed by atoms with E-state index in [1.54, 1.807) is 45.0 Å². The quantitative estimate of drug-likeness (QED) is 0.201. The first-order chi connectivity index (χ1) is 19.3. The van der Waals surface area contributed by atoms with E-state index in [1.807, 2.05) is 0 Å².